The Hall–Kier alpha value is -2.22. The van der Waals surface area contributed by atoms with Crippen LogP contribution in [0.25, 0.3) is 0 Å². The summed E-state index contributed by atoms with van der Waals surface area (Å²) in [5.74, 6) is -1.10. The first-order valence-corrected chi connectivity index (χ1v) is 5.65. The standard InChI is InChI=1S/C13H10F4N2O2.ClH/c1-20-11-4-8(14)10(5-9(11)18)21-12-3-2-7(6-19-12)13(15,16)17;/h2-6H,18H2,1H3;1H. The summed E-state index contributed by atoms with van der Waals surface area (Å²) in [6, 6.07) is 3.94. The minimum atomic E-state index is -4.50. The molecular weight excluding hydrogens is 328 g/mol. The zero-order chi connectivity index (χ0) is 15.6. The summed E-state index contributed by atoms with van der Waals surface area (Å²) >= 11 is 0. The van der Waals surface area contributed by atoms with Crippen molar-refractivity contribution in [2.24, 2.45) is 0 Å². The number of halogens is 5. The predicted molar refractivity (Wildman–Crippen MR) is 73.9 cm³/mol. The molecule has 0 saturated heterocycles. The highest BCUT2D eigenvalue weighted by molar-refractivity contribution is 5.85. The number of alkyl halides is 3. The topological polar surface area (TPSA) is 57.4 Å². The van der Waals surface area contributed by atoms with Gasteiger partial charge in [0.1, 0.15) is 5.75 Å². The summed E-state index contributed by atoms with van der Waals surface area (Å²) < 4.78 is 60.7. The van der Waals surface area contributed by atoms with Gasteiger partial charge in [-0.3, -0.25) is 0 Å². The van der Waals surface area contributed by atoms with Gasteiger partial charge in [0.05, 0.1) is 18.4 Å². The third kappa shape index (κ3) is 3.91. The maximum Gasteiger partial charge on any atom is 0.417 e. The van der Waals surface area contributed by atoms with Crippen molar-refractivity contribution in [1.29, 1.82) is 0 Å². The van der Waals surface area contributed by atoms with Gasteiger partial charge in [-0.25, -0.2) is 9.37 Å². The largest absolute Gasteiger partial charge is 0.494 e. The molecule has 0 fully saturated rings. The molecule has 0 aliphatic rings. The Kier molecular flexibility index (Phi) is 5.43. The van der Waals surface area contributed by atoms with Crippen LogP contribution in [0.1, 0.15) is 5.56 Å². The van der Waals surface area contributed by atoms with Gasteiger partial charge in [0, 0.05) is 24.4 Å². The molecule has 0 saturated carbocycles. The van der Waals surface area contributed by atoms with Crippen molar-refractivity contribution in [3.05, 3.63) is 41.8 Å². The van der Waals surface area contributed by atoms with Gasteiger partial charge in [-0.2, -0.15) is 13.2 Å². The number of rotatable bonds is 3. The van der Waals surface area contributed by atoms with E-state index >= 15 is 0 Å². The van der Waals surface area contributed by atoms with Gasteiger partial charge in [-0.15, -0.1) is 12.4 Å². The lowest BCUT2D eigenvalue weighted by Crippen LogP contribution is -2.05. The van der Waals surface area contributed by atoms with Crippen molar-refractivity contribution in [3.63, 3.8) is 0 Å². The van der Waals surface area contributed by atoms with Crippen LogP contribution in [0.4, 0.5) is 23.2 Å². The van der Waals surface area contributed by atoms with E-state index in [4.69, 9.17) is 15.2 Å². The first-order valence-electron chi connectivity index (χ1n) is 5.65. The van der Waals surface area contributed by atoms with Gasteiger partial charge >= 0.3 is 6.18 Å². The minimum absolute atomic E-state index is 0. The number of hydrogen-bond acceptors (Lipinski definition) is 4. The van der Waals surface area contributed by atoms with Crippen LogP contribution in [0.2, 0.25) is 0 Å². The van der Waals surface area contributed by atoms with Crippen LogP contribution in [0.5, 0.6) is 17.4 Å². The van der Waals surface area contributed by atoms with E-state index in [0.717, 1.165) is 24.3 Å². The number of nitrogens with zero attached hydrogens (tertiary/aromatic N) is 1. The lowest BCUT2D eigenvalue weighted by molar-refractivity contribution is -0.137. The Morgan fingerprint density at radius 1 is 1.14 bits per heavy atom. The fraction of sp³-hybridized carbons (Fsp3) is 0.154. The van der Waals surface area contributed by atoms with E-state index in [1.165, 1.54) is 7.11 Å². The predicted octanol–water partition coefficient (Wildman–Crippen LogP) is 4.04. The van der Waals surface area contributed by atoms with E-state index in [1.807, 2.05) is 0 Å². The average Bonchev–Trinajstić information content (AvgIpc) is 2.42. The van der Waals surface area contributed by atoms with E-state index < -0.39 is 17.6 Å². The van der Waals surface area contributed by atoms with E-state index in [-0.39, 0.29) is 35.5 Å². The van der Waals surface area contributed by atoms with E-state index in [0.29, 0.717) is 6.20 Å². The van der Waals surface area contributed by atoms with E-state index in [2.05, 4.69) is 4.98 Å². The van der Waals surface area contributed by atoms with Gasteiger partial charge in [0.2, 0.25) is 5.88 Å². The van der Waals surface area contributed by atoms with Crippen LogP contribution in [-0.4, -0.2) is 12.1 Å². The smallest absolute Gasteiger partial charge is 0.417 e. The number of methoxy groups -OCH3 is 1. The van der Waals surface area contributed by atoms with E-state index in [9.17, 15) is 17.6 Å². The highest BCUT2D eigenvalue weighted by Gasteiger charge is 2.30. The van der Waals surface area contributed by atoms with Crippen LogP contribution >= 0.6 is 12.4 Å². The maximum atomic E-state index is 13.7. The van der Waals surface area contributed by atoms with Crippen molar-refractivity contribution < 1.29 is 27.0 Å². The summed E-state index contributed by atoms with van der Waals surface area (Å²) in [5.41, 5.74) is 4.79. The third-order valence-corrected chi connectivity index (χ3v) is 2.56. The van der Waals surface area contributed by atoms with Gasteiger partial charge in [0.15, 0.2) is 11.6 Å². The Bertz CT molecular complexity index is 648. The molecule has 0 unspecified atom stereocenters. The molecule has 2 rings (SSSR count). The lowest BCUT2D eigenvalue weighted by Gasteiger charge is -2.10. The molecule has 0 aliphatic heterocycles. The molecule has 4 nitrogen and oxygen atoms in total. The molecule has 0 atom stereocenters. The number of benzene rings is 1. The summed E-state index contributed by atoms with van der Waals surface area (Å²) in [6.45, 7) is 0. The van der Waals surface area contributed by atoms with Crippen molar-refractivity contribution in [3.8, 4) is 17.4 Å². The molecule has 0 aliphatic carbocycles. The van der Waals surface area contributed by atoms with Crippen molar-refractivity contribution in [1.82, 2.24) is 4.98 Å². The van der Waals surface area contributed by atoms with Crippen LogP contribution < -0.4 is 15.2 Å². The van der Waals surface area contributed by atoms with Crippen molar-refractivity contribution in [2.75, 3.05) is 12.8 Å². The fourth-order valence-electron chi connectivity index (χ4n) is 1.53. The molecule has 2 aromatic rings. The Morgan fingerprint density at radius 3 is 2.32 bits per heavy atom. The normalized spacial score (nSPS) is 10.8. The van der Waals surface area contributed by atoms with E-state index in [1.54, 1.807) is 0 Å². The van der Waals surface area contributed by atoms with Crippen LogP contribution in [0, 0.1) is 5.82 Å². The zero-order valence-corrected chi connectivity index (χ0v) is 12.0. The zero-order valence-electron chi connectivity index (χ0n) is 11.1. The van der Waals surface area contributed by atoms with Crippen LogP contribution in [-0.2, 0) is 6.18 Å². The number of pyridine rings is 1. The monoisotopic (exact) mass is 338 g/mol. The van der Waals surface area contributed by atoms with Crippen LogP contribution in [0.3, 0.4) is 0 Å². The second kappa shape index (κ2) is 6.69. The molecule has 1 aromatic carbocycles. The number of ether oxygens (including phenoxy) is 2. The molecule has 120 valence electrons. The molecule has 0 spiro atoms. The SMILES string of the molecule is COc1cc(F)c(Oc2ccc(C(F)(F)F)cn2)cc1N.Cl. The van der Waals surface area contributed by atoms with Gasteiger partial charge in [0.25, 0.3) is 0 Å². The molecule has 2 N–H and O–H groups in total. The molecule has 0 radical (unpaired) electrons. The van der Waals surface area contributed by atoms with Gasteiger partial charge in [-0.1, -0.05) is 0 Å². The van der Waals surface area contributed by atoms with Gasteiger partial charge < -0.3 is 15.2 Å². The van der Waals surface area contributed by atoms with Crippen molar-refractivity contribution in [2.45, 2.75) is 6.18 Å². The first-order chi connectivity index (χ1) is 9.81. The lowest BCUT2D eigenvalue weighted by atomic mass is 10.2. The highest BCUT2D eigenvalue weighted by atomic mass is 35.5. The first kappa shape index (κ1) is 17.8. The third-order valence-electron chi connectivity index (χ3n) is 2.56. The second-order valence-electron chi connectivity index (χ2n) is 4.01. The summed E-state index contributed by atoms with van der Waals surface area (Å²) in [4.78, 5) is 3.47. The Labute approximate surface area is 129 Å². The molecule has 9 heteroatoms. The molecule has 0 bridgehead atoms. The molecular formula is C13H11ClF4N2O2. The number of hydrogen-bond donors (Lipinski definition) is 1. The molecule has 1 aromatic heterocycles. The average molecular weight is 339 g/mol. The summed E-state index contributed by atoms with van der Waals surface area (Å²) in [5, 5.41) is 0. The second-order valence-corrected chi connectivity index (χ2v) is 4.01. The Morgan fingerprint density at radius 2 is 1.82 bits per heavy atom. The summed E-state index contributed by atoms with van der Waals surface area (Å²) in [7, 11) is 1.32. The molecule has 22 heavy (non-hydrogen) atoms. The minimum Gasteiger partial charge on any atom is -0.494 e. The number of nitrogens with two attached hydrogens (primary N) is 1. The van der Waals surface area contributed by atoms with Crippen molar-refractivity contribution >= 4 is 18.1 Å². The highest BCUT2D eigenvalue weighted by Crippen LogP contribution is 2.33. The van der Waals surface area contributed by atoms with Crippen LogP contribution in [0.15, 0.2) is 30.5 Å². The summed E-state index contributed by atoms with van der Waals surface area (Å²) in [6.07, 6.45) is -3.90. The quantitative estimate of drug-likeness (QED) is 0.677. The Balaban J connectivity index is 0.00000242. The number of anilines is 1. The number of nitrogen functional groups attached to an aromatic ring is 1. The maximum absolute atomic E-state index is 13.7. The molecule has 0 amide bonds. The molecule has 1 heterocycles. The number of aromatic nitrogens is 1. The fourth-order valence-corrected chi connectivity index (χ4v) is 1.53. The van der Waals surface area contributed by atoms with Gasteiger partial charge in [-0.05, 0) is 6.07 Å².